The summed E-state index contributed by atoms with van der Waals surface area (Å²) in [6, 6.07) is 0.947. The van der Waals surface area contributed by atoms with Gasteiger partial charge in [0.05, 0.1) is 11.5 Å². The highest BCUT2D eigenvalue weighted by Gasteiger charge is 2.25. The minimum Gasteiger partial charge on any atom is -0.258 e. The van der Waals surface area contributed by atoms with Crippen LogP contribution >= 0.6 is 34.3 Å². The number of hydrogen-bond acceptors (Lipinski definition) is 7. The Morgan fingerprint density at radius 1 is 1.55 bits per heavy atom. The van der Waals surface area contributed by atoms with E-state index < -0.39 is 20.6 Å². The zero-order valence-corrected chi connectivity index (χ0v) is 13.2. The second-order valence-electron chi connectivity index (χ2n) is 3.69. The van der Waals surface area contributed by atoms with Crippen LogP contribution in [0.25, 0.3) is 0 Å². The Labute approximate surface area is 127 Å². The Kier molecular flexibility index (Phi) is 4.39. The summed E-state index contributed by atoms with van der Waals surface area (Å²) >= 11 is 7.62. The molecule has 2 aromatic heterocycles. The molecule has 0 bridgehead atoms. The Morgan fingerprint density at radius 3 is 2.75 bits per heavy atom. The van der Waals surface area contributed by atoms with E-state index in [4.69, 9.17) is 11.6 Å². The van der Waals surface area contributed by atoms with Crippen molar-refractivity contribution in [3.05, 3.63) is 36.6 Å². The lowest BCUT2D eigenvalue weighted by molar-refractivity contribution is -0.384. The molecule has 1 N–H and O–H groups in total. The van der Waals surface area contributed by atoms with Crippen molar-refractivity contribution in [3.8, 4) is 0 Å². The fourth-order valence-corrected chi connectivity index (χ4v) is 4.81. The van der Waals surface area contributed by atoms with E-state index in [1.165, 1.54) is 11.3 Å². The van der Waals surface area contributed by atoms with Crippen molar-refractivity contribution >= 4 is 50.0 Å². The van der Waals surface area contributed by atoms with Gasteiger partial charge in [0.15, 0.2) is 4.34 Å². The normalized spacial score (nSPS) is 11.7. The van der Waals surface area contributed by atoms with Crippen molar-refractivity contribution in [2.45, 2.75) is 17.7 Å². The highest BCUT2D eigenvalue weighted by atomic mass is 35.5. The number of nitrogens with one attached hydrogen (secondary N) is 1. The van der Waals surface area contributed by atoms with Crippen LogP contribution in [0.3, 0.4) is 0 Å². The highest BCUT2D eigenvalue weighted by molar-refractivity contribution is 7.91. The maximum atomic E-state index is 12.0. The van der Waals surface area contributed by atoms with Crippen LogP contribution in [-0.2, 0) is 16.6 Å². The van der Waals surface area contributed by atoms with Crippen LogP contribution in [0.15, 0.2) is 15.7 Å². The first kappa shape index (κ1) is 15.3. The minimum atomic E-state index is -3.84. The molecular weight excluding hydrogens is 346 g/mol. The number of hydrogen-bond donors (Lipinski definition) is 1. The molecule has 0 radical (unpaired) electrons. The molecule has 7 nitrogen and oxygen atoms in total. The van der Waals surface area contributed by atoms with E-state index >= 15 is 0 Å². The molecule has 0 fully saturated rings. The first-order valence-corrected chi connectivity index (χ1v) is 8.70. The average molecular weight is 354 g/mol. The fraction of sp³-hybridized carbons (Fsp3) is 0.222. The summed E-state index contributed by atoms with van der Waals surface area (Å²) in [6.45, 7) is 1.83. The van der Waals surface area contributed by atoms with Gasteiger partial charge in [-0.25, -0.2) is 18.1 Å². The molecule has 0 atom stereocenters. The van der Waals surface area contributed by atoms with E-state index in [1.54, 1.807) is 12.3 Å². The van der Waals surface area contributed by atoms with Crippen molar-refractivity contribution in [2.24, 2.45) is 0 Å². The summed E-state index contributed by atoms with van der Waals surface area (Å²) in [5, 5.41) is 13.1. The lowest BCUT2D eigenvalue weighted by Crippen LogP contribution is -2.22. The largest absolute Gasteiger partial charge is 0.300 e. The summed E-state index contributed by atoms with van der Waals surface area (Å²) in [7, 11) is -3.84. The van der Waals surface area contributed by atoms with E-state index in [0.717, 1.165) is 11.8 Å². The van der Waals surface area contributed by atoms with Gasteiger partial charge in [-0.2, -0.15) is 0 Å². The Balaban J connectivity index is 2.18. The highest BCUT2D eigenvalue weighted by Crippen LogP contribution is 2.36. The lowest BCUT2D eigenvalue weighted by Gasteiger charge is -2.01. The molecule has 0 aliphatic rings. The summed E-state index contributed by atoms with van der Waals surface area (Å²) < 4.78 is 26.0. The van der Waals surface area contributed by atoms with Gasteiger partial charge >= 0.3 is 0 Å². The average Bonchev–Trinajstić information content (AvgIpc) is 2.93. The fourth-order valence-electron chi connectivity index (χ4n) is 1.31. The predicted octanol–water partition coefficient (Wildman–Crippen LogP) is 2.55. The molecule has 108 valence electrons. The van der Waals surface area contributed by atoms with E-state index in [9.17, 15) is 18.5 Å². The van der Waals surface area contributed by atoms with Crippen LogP contribution in [0, 0.1) is 17.0 Å². The number of rotatable bonds is 5. The molecular formula is C9H8ClN3O4S3. The molecule has 0 saturated heterocycles. The minimum absolute atomic E-state index is 0.0319. The van der Waals surface area contributed by atoms with Crippen LogP contribution in [0.2, 0.25) is 4.34 Å². The number of aromatic nitrogens is 1. The maximum absolute atomic E-state index is 12.0. The second kappa shape index (κ2) is 5.74. The number of halogens is 1. The van der Waals surface area contributed by atoms with Crippen LogP contribution in [0.1, 0.15) is 10.7 Å². The zero-order valence-electron chi connectivity index (χ0n) is 9.99. The first-order valence-electron chi connectivity index (χ1n) is 5.14. The Morgan fingerprint density at radius 2 is 2.25 bits per heavy atom. The molecule has 2 rings (SSSR count). The van der Waals surface area contributed by atoms with Gasteiger partial charge in [0.2, 0.25) is 0 Å². The number of sulfonamides is 1. The molecule has 11 heteroatoms. The number of thiophene rings is 1. The Bertz CT molecular complexity index is 752. The number of thiazole rings is 1. The van der Waals surface area contributed by atoms with Gasteiger partial charge in [0, 0.05) is 17.1 Å². The molecule has 0 saturated carbocycles. The second-order valence-corrected chi connectivity index (χ2v) is 8.28. The van der Waals surface area contributed by atoms with E-state index in [0.29, 0.717) is 16.3 Å². The van der Waals surface area contributed by atoms with Crippen molar-refractivity contribution in [1.82, 2.24) is 9.71 Å². The number of nitrogens with zero attached hydrogens (tertiary/aromatic N) is 2. The first-order chi connectivity index (χ1) is 9.29. The lowest BCUT2D eigenvalue weighted by atomic mass is 10.6. The van der Waals surface area contributed by atoms with Crippen LogP contribution in [0.4, 0.5) is 5.69 Å². The van der Waals surface area contributed by atoms with Crippen molar-refractivity contribution < 1.29 is 13.3 Å². The standard InChI is InChI=1S/C9H8ClN3O4S3/c1-5-4-18-7(12-5)3-11-20(16,17)8-2-6(13(14)15)9(10)19-8/h2,4,11H,3H2,1H3. The third-order valence-corrected chi connectivity index (χ3v) is 6.37. The van der Waals surface area contributed by atoms with Gasteiger partial charge in [-0.3, -0.25) is 10.1 Å². The smallest absolute Gasteiger partial charge is 0.258 e. The van der Waals surface area contributed by atoms with E-state index in [1.807, 2.05) is 0 Å². The summed E-state index contributed by atoms with van der Waals surface area (Å²) in [5.41, 5.74) is 0.390. The molecule has 0 aliphatic heterocycles. The van der Waals surface area contributed by atoms with Crippen molar-refractivity contribution in [2.75, 3.05) is 0 Å². The number of aryl methyl sites for hydroxylation is 1. The van der Waals surface area contributed by atoms with Crippen molar-refractivity contribution in [1.29, 1.82) is 0 Å². The zero-order chi connectivity index (χ0) is 14.9. The molecule has 0 amide bonds. The monoisotopic (exact) mass is 353 g/mol. The van der Waals surface area contributed by atoms with Crippen LogP contribution < -0.4 is 4.72 Å². The molecule has 0 unspecified atom stereocenters. The summed E-state index contributed by atoms with van der Waals surface area (Å²) in [5.74, 6) is 0. The van der Waals surface area contributed by atoms with Gasteiger partial charge in [0.1, 0.15) is 9.22 Å². The van der Waals surface area contributed by atoms with Crippen molar-refractivity contribution in [3.63, 3.8) is 0 Å². The molecule has 0 aliphatic carbocycles. The number of nitro groups is 1. The van der Waals surface area contributed by atoms with Gasteiger partial charge in [-0.05, 0) is 6.92 Å². The van der Waals surface area contributed by atoms with Crippen LogP contribution in [0.5, 0.6) is 0 Å². The quantitative estimate of drug-likeness (QED) is 0.657. The predicted molar refractivity (Wildman–Crippen MR) is 76.9 cm³/mol. The maximum Gasteiger partial charge on any atom is 0.300 e. The topological polar surface area (TPSA) is 102 Å². The molecule has 0 aromatic carbocycles. The molecule has 20 heavy (non-hydrogen) atoms. The summed E-state index contributed by atoms with van der Waals surface area (Å²) in [4.78, 5) is 14.0. The van der Waals surface area contributed by atoms with E-state index in [2.05, 4.69) is 9.71 Å². The van der Waals surface area contributed by atoms with Gasteiger partial charge in [0.25, 0.3) is 15.7 Å². The Hall–Kier alpha value is -1.07. The third-order valence-electron chi connectivity index (χ3n) is 2.19. The summed E-state index contributed by atoms with van der Waals surface area (Å²) in [6.07, 6.45) is 0. The van der Waals surface area contributed by atoms with Crippen LogP contribution in [-0.4, -0.2) is 18.3 Å². The van der Waals surface area contributed by atoms with Gasteiger partial charge in [-0.15, -0.1) is 22.7 Å². The van der Waals surface area contributed by atoms with E-state index in [-0.39, 0.29) is 15.1 Å². The SMILES string of the molecule is Cc1csc(CNS(=O)(=O)c2cc([N+](=O)[O-])c(Cl)s2)n1. The molecule has 0 spiro atoms. The molecule has 2 heterocycles. The van der Waals surface area contributed by atoms with Gasteiger partial charge in [-0.1, -0.05) is 11.6 Å². The third kappa shape index (κ3) is 3.33. The molecule has 2 aromatic rings. The van der Waals surface area contributed by atoms with Gasteiger partial charge < -0.3 is 0 Å².